The highest BCUT2D eigenvalue weighted by atomic mass is 32.1. The summed E-state index contributed by atoms with van der Waals surface area (Å²) < 4.78 is 4.07. The molecule has 0 saturated carbocycles. The molecule has 4 heteroatoms. The van der Waals surface area contributed by atoms with Crippen LogP contribution in [0.5, 0.6) is 0 Å². The Bertz CT molecular complexity index is 718. The molecule has 0 aliphatic heterocycles. The third-order valence-electron chi connectivity index (χ3n) is 2.88. The van der Waals surface area contributed by atoms with Crippen LogP contribution in [0.2, 0.25) is 0 Å². The van der Waals surface area contributed by atoms with Gasteiger partial charge in [-0.05, 0) is 34.6 Å². The van der Waals surface area contributed by atoms with Crippen molar-refractivity contribution in [1.29, 1.82) is 0 Å². The molecule has 0 atom stereocenters. The Hall–Kier alpha value is -1.39. The van der Waals surface area contributed by atoms with Crippen molar-refractivity contribution < 1.29 is 0 Å². The number of H-pyrrole nitrogens is 1. The van der Waals surface area contributed by atoms with Crippen LogP contribution in [0.1, 0.15) is 11.3 Å². The number of imidazole rings is 1. The van der Waals surface area contributed by atoms with E-state index in [1.807, 2.05) is 11.6 Å². The molecule has 1 N–H and O–H groups in total. The standard InChI is InChI=1S/C13H12N2S2/c1-15-7-10(14-13(15)16)6-9-8-17-12-5-3-2-4-11(9)12/h2-5,7-8H,6H2,1H3,(H,14,16). The zero-order valence-corrected chi connectivity index (χ0v) is 11.1. The Morgan fingerprint density at radius 2 is 2.18 bits per heavy atom. The zero-order valence-electron chi connectivity index (χ0n) is 9.43. The summed E-state index contributed by atoms with van der Waals surface area (Å²) in [6.45, 7) is 0. The maximum absolute atomic E-state index is 5.18. The van der Waals surface area contributed by atoms with Crippen LogP contribution in [0.3, 0.4) is 0 Å². The van der Waals surface area contributed by atoms with E-state index in [0.717, 1.165) is 11.2 Å². The average molecular weight is 260 g/mol. The van der Waals surface area contributed by atoms with Crippen LogP contribution in [0.25, 0.3) is 10.1 Å². The van der Waals surface area contributed by atoms with Crippen molar-refractivity contribution >= 4 is 33.6 Å². The van der Waals surface area contributed by atoms with Gasteiger partial charge in [0.2, 0.25) is 0 Å². The molecule has 17 heavy (non-hydrogen) atoms. The van der Waals surface area contributed by atoms with Gasteiger partial charge in [-0.3, -0.25) is 0 Å². The van der Waals surface area contributed by atoms with E-state index in [1.54, 1.807) is 11.3 Å². The molecule has 0 fully saturated rings. The smallest absolute Gasteiger partial charge is 0.177 e. The highest BCUT2D eigenvalue weighted by Gasteiger charge is 2.05. The first-order valence-corrected chi connectivity index (χ1v) is 6.72. The van der Waals surface area contributed by atoms with Crippen molar-refractivity contribution in [3.8, 4) is 0 Å². The summed E-state index contributed by atoms with van der Waals surface area (Å²) in [5, 5.41) is 3.58. The zero-order chi connectivity index (χ0) is 11.8. The minimum atomic E-state index is 0.777. The Balaban J connectivity index is 2.02. The topological polar surface area (TPSA) is 20.7 Å². The summed E-state index contributed by atoms with van der Waals surface area (Å²) in [5.74, 6) is 0. The van der Waals surface area contributed by atoms with E-state index in [4.69, 9.17) is 12.2 Å². The first kappa shape index (κ1) is 10.7. The van der Waals surface area contributed by atoms with Gasteiger partial charge < -0.3 is 9.55 Å². The number of thiophene rings is 1. The van der Waals surface area contributed by atoms with E-state index in [0.29, 0.717) is 0 Å². The molecular formula is C13H12N2S2. The molecule has 0 amide bonds. The van der Waals surface area contributed by atoms with Gasteiger partial charge in [0.15, 0.2) is 4.77 Å². The lowest BCUT2D eigenvalue weighted by atomic mass is 10.1. The second kappa shape index (κ2) is 4.13. The normalized spacial score (nSPS) is 11.1. The molecule has 0 saturated heterocycles. The van der Waals surface area contributed by atoms with Crippen LogP contribution in [-0.2, 0) is 13.5 Å². The van der Waals surface area contributed by atoms with Crippen molar-refractivity contribution in [3.63, 3.8) is 0 Å². The molecule has 3 rings (SSSR count). The first-order chi connectivity index (χ1) is 8.24. The predicted molar refractivity (Wildman–Crippen MR) is 75.2 cm³/mol. The van der Waals surface area contributed by atoms with Gasteiger partial charge in [0, 0.05) is 30.1 Å². The van der Waals surface area contributed by atoms with Gasteiger partial charge in [-0.25, -0.2) is 0 Å². The van der Waals surface area contributed by atoms with Crippen molar-refractivity contribution in [1.82, 2.24) is 9.55 Å². The fourth-order valence-electron chi connectivity index (χ4n) is 2.01. The van der Waals surface area contributed by atoms with E-state index in [1.165, 1.54) is 21.3 Å². The number of aromatic nitrogens is 2. The van der Waals surface area contributed by atoms with Crippen LogP contribution >= 0.6 is 23.6 Å². The van der Waals surface area contributed by atoms with Gasteiger partial charge in [0.05, 0.1) is 0 Å². The van der Waals surface area contributed by atoms with Crippen molar-refractivity contribution in [2.24, 2.45) is 7.05 Å². The molecule has 3 aromatic rings. The molecule has 2 heterocycles. The second-order valence-corrected chi connectivity index (χ2v) is 5.43. The molecule has 1 aromatic carbocycles. The third kappa shape index (κ3) is 1.94. The average Bonchev–Trinajstić information content (AvgIpc) is 2.85. The Labute approximate surface area is 109 Å². The minimum Gasteiger partial charge on any atom is -0.334 e. The molecule has 86 valence electrons. The van der Waals surface area contributed by atoms with E-state index in [2.05, 4.69) is 40.8 Å². The molecule has 0 spiro atoms. The third-order valence-corrected chi connectivity index (χ3v) is 4.28. The lowest BCUT2D eigenvalue weighted by Gasteiger charge is -1.96. The molecule has 0 bridgehead atoms. The second-order valence-electron chi connectivity index (χ2n) is 4.13. The molecule has 0 radical (unpaired) electrons. The van der Waals surface area contributed by atoms with Gasteiger partial charge >= 0.3 is 0 Å². The highest BCUT2D eigenvalue weighted by Crippen LogP contribution is 2.27. The number of fused-ring (bicyclic) bond motifs is 1. The highest BCUT2D eigenvalue weighted by molar-refractivity contribution is 7.71. The van der Waals surface area contributed by atoms with E-state index >= 15 is 0 Å². The van der Waals surface area contributed by atoms with Crippen molar-refractivity contribution in [3.05, 3.63) is 51.9 Å². The fraction of sp³-hybridized carbons (Fsp3) is 0.154. The number of hydrogen-bond acceptors (Lipinski definition) is 2. The SMILES string of the molecule is Cn1cc(Cc2csc3ccccc23)[nH]c1=S. The van der Waals surface area contributed by atoms with Crippen LogP contribution < -0.4 is 0 Å². The van der Waals surface area contributed by atoms with Crippen LogP contribution in [0.4, 0.5) is 0 Å². The fourth-order valence-corrected chi connectivity index (χ4v) is 3.16. The number of aromatic amines is 1. The molecule has 0 unspecified atom stereocenters. The molecule has 2 nitrogen and oxygen atoms in total. The summed E-state index contributed by atoms with van der Waals surface area (Å²) in [6, 6.07) is 8.51. The van der Waals surface area contributed by atoms with Crippen LogP contribution in [0.15, 0.2) is 35.8 Å². The molecule has 0 aliphatic rings. The molecule has 0 aliphatic carbocycles. The van der Waals surface area contributed by atoms with Gasteiger partial charge in [0.25, 0.3) is 0 Å². The largest absolute Gasteiger partial charge is 0.334 e. The van der Waals surface area contributed by atoms with Gasteiger partial charge in [-0.2, -0.15) is 0 Å². The minimum absolute atomic E-state index is 0.777. The predicted octanol–water partition coefficient (Wildman–Crippen LogP) is 3.89. The lowest BCUT2D eigenvalue weighted by molar-refractivity contribution is 0.894. The number of nitrogens with one attached hydrogen (secondary N) is 1. The lowest BCUT2D eigenvalue weighted by Crippen LogP contribution is -1.86. The Morgan fingerprint density at radius 1 is 1.35 bits per heavy atom. The number of aryl methyl sites for hydroxylation is 1. The Kier molecular flexibility index (Phi) is 2.61. The Morgan fingerprint density at radius 3 is 2.94 bits per heavy atom. The number of benzene rings is 1. The van der Waals surface area contributed by atoms with Crippen LogP contribution in [-0.4, -0.2) is 9.55 Å². The van der Waals surface area contributed by atoms with E-state index < -0.39 is 0 Å². The summed E-state index contributed by atoms with van der Waals surface area (Å²) in [5.41, 5.74) is 2.53. The quantitative estimate of drug-likeness (QED) is 0.693. The summed E-state index contributed by atoms with van der Waals surface area (Å²) in [7, 11) is 1.97. The van der Waals surface area contributed by atoms with Gasteiger partial charge in [-0.1, -0.05) is 18.2 Å². The first-order valence-electron chi connectivity index (χ1n) is 5.43. The maximum Gasteiger partial charge on any atom is 0.177 e. The van der Waals surface area contributed by atoms with E-state index in [-0.39, 0.29) is 0 Å². The number of hydrogen-bond donors (Lipinski definition) is 1. The molecule has 2 aromatic heterocycles. The summed E-state index contributed by atoms with van der Waals surface area (Å²) in [6.07, 6.45) is 2.98. The van der Waals surface area contributed by atoms with Crippen molar-refractivity contribution in [2.75, 3.05) is 0 Å². The number of rotatable bonds is 2. The van der Waals surface area contributed by atoms with Crippen molar-refractivity contribution in [2.45, 2.75) is 6.42 Å². The van der Waals surface area contributed by atoms with E-state index in [9.17, 15) is 0 Å². The van der Waals surface area contributed by atoms with Gasteiger partial charge in [-0.15, -0.1) is 11.3 Å². The van der Waals surface area contributed by atoms with Crippen LogP contribution in [0, 0.1) is 4.77 Å². The monoisotopic (exact) mass is 260 g/mol. The summed E-state index contributed by atoms with van der Waals surface area (Å²) >= 11 is 6.97. The van der Waals surface area contributed by atoms with Gasteiger partial charge in [0.1, 0.15) is 0 Å². The maximum atomic E-state index is 5.18. The molecular weight excluding hydrogens is 248 g/mol. The number of nitrogens with zero attached hydrogens (tertiary/aromatic N) is 1. The summed E-state index contributed by atoms with van der Waals surface area (Å²) in [4.78, 5) is 3.23.